The highest BCUT2D eigenvalue weighted by molar-refractivity contribution is 7.80. The van der Waals surface area contributed by atoms with E-state index in [1.165, 1.54) is 0 Å². The van der Waals surface area contributed by atoms with Crippen molar-refractivity contribution in [2.75, 3.05) is 7.11 Å². The summed E-state index contributed by atoms with van der Waals surface area (Å²) in [5, 5.41) is 0. The van der Waals surface area contributed by atoms with Crippen molar-refractivity contribution < 1.29 is 21.9 Å². The van der Waals surface area contributed by atoms with E-state index in [1.807, 2.05) is 5.43 Å². The Morgan fingerprint density at radius 3 is 2.00 bits per heavy atom. The van der Waals surface area contributed by atoms with Crippen LogP contribution in [-0.2, 0) is 19.4 Å². The maximum Gasteiger partial charge on any atom is 0.397 e. The first-order valence-corrected chi connectivity index (χ1v) is 4.81. The standard InChI is InChI=1S/C5H10N2O.CH4O4S/c1-3-4(2)5(8)7-6;1-5-6(2,3)4/h3H,6H2,1-2H3,(H,7,8);1H3,(H,2,3,4). The zero-order valence-corrected chi connectivity index (χ0v) is 8.96. The molecule has 0 aliphatic heterocycles. The fourth-order valence-corrected chi connectivity index (χ4v) is 0.245. The lowest BCUT2D eigenvalue weighted by Crippen LogP contribution is -2.30. The Morgan fingerprint density at radius 1 is 1.57 bits per heavy atom. The second-order valence-electron chi connectivity index (χ2n) is 2.04. The molecule has 0 heterocycles. The van der Waals surface area contributed by atoms with Gasteiger partial charge in [-0.05, 0) is 13.8 Å². The molecule has 0 saturated carbocycles. The molecule has 0 saturated heterocycles. The van der Waals surface area contributed by atoms with Crippen LogP contribution in [-0.4, -0.2) is 26.0 Å². The van der Waals surface area contributed by atoms with Crippen molar-refractivity contribution in [1.29, 1.82) is 0 Å². The molecule has 8 heteroatoms. The minimum atomic E-state index is -4.16. The van der Waals surface area contributed by atoms with E-state index in [1.54, 1.807) is 19.9 Å². The molecule has 0 atom stereocenters. The number of nitrogens with two attached hydrogens (primary N) is 1. The predicted molar refractivity (Wildman–Crippen MR) is 50.3 cm³/mol. The van der Waals surface area contributed by atoms with Gasteiger partial charge in [0.2, 0.25) is 0 Å². The van der Waals surface area contributed by atoms with E-state index in [9.17, 15) is 13.2 Å². The molecule has 4 N–H and O–H groups in total. The summed E-state index contributed by atoms with van der Waals surface area (Å²) in [6, 6.07) is 0. The maximum atomic E-state index is 10.4. The van der Waals surface area contributed by atoms with Gasteiger partial charge in [0, 0.05) is 5.57 Å². The van der Waals surface area contributed by atoms with Gasteiger partial charge in [-0.15, -0.1) is 0 Å². The third-order valence-corrected chi connectivity index (χ3v) is 1.55. The molecule has 0 aromatic heterocycles. The molecule has 0 aliphatic rings. The van der Waals surface area contributed by atoms with Gasteiger partial charge in [-0.1, -0.05) is 6.08 Å². The Labute approximate surface area is 82.9 Å². The summed E-state index contributed by atoms with van der Waals surface area (Å²) in [7, 11) is -3.29. The number of nitrogens with one attached hydrogen (secondary N) is 1. The summed E-state index contributed by atoms with van der Waals surface area (Å²) >= 11 is 0. The molecule has 0 unspecified atom stereocenters. The first kappa shape index (κ1) is 15.5. The zero-order chi connectivity index (χ0) is 11.8. The molecule has 0 spiro atoms. The van der Waals surface area contributed by atoms with Crippen LogP contribution in [0.5, 0.6) is 0 Å². The molecule has 1 amide bonds. The quantitative estimate of drug-likeness (QED) is 0.190. The molecule has 0 aromatic rings. The normalized spacial score (nSPS) is 11.4. The van der Waals surface area contributed by atoms with Gasteiger partial charge in [0.15, 0.2) is 0 Å². The van der Waals surface area contributed by atoms with Crippen LogP contribution in [0.2, 0.25) is 0 Å². The van der Waals surface area contributed by atoms with Crippen LogP contribution in [0.25, 0.3) is 0 Å². The van der Waals surface area contributed by atoms with Crippen LogP contribution >= 0.6 is 0 Å². The fraction of sp³-hybridized carbons (Fsp3) is 0.500. The van der Waals surface area contributed by atoms with Gasteiger partial charge in [0.05, 0.1) is 7.11 Å². The molecule has 0 radical (unpaired) electrons. The van der Waals surface area contributed by atoms with Gasteiger partial charge >= 0.3 is 10.4 Å². The Morgan fingerprint density at radius 2 is 1.93 bits per heavy atom. The van der Waals surface area contributed by atoms with Gasteiger partial charge in [-0.3, -0.25) is 19.0 Å². The smallest absolute Gasteiger partial charge is 0.290 e. The van der Waals surface area contributed by atoms with Crippen molar-refractivity contribution >= 4 is 16.3 Å². The number of allylic oxidation sites excluding steroid dienone is 1. The lowest BCUT2D eigenvalue weighted by atomic mass is 10.3. The second-order valence-corrected chi connectivity index (χ2v) is 3.23. The van der Waals surface area contributed by atoms with E-state index in [2.05, 4.69) is 4.18 Å². The van der Waals surface area contributed by atoms with Crippen molar-refractivity contribution in [1.82, 2.24) is 5.43 Å². The number of carbonyl (C=O) groups excluding carboxylic acids is 1. The lowest BCUT2D eigenvalue weighted by Gasteiger charge is -1.94. The van der Waals surface area contributed by atoms with Crippen LogP contribution in [0.1, 0.15) is 13.8 Å². The van der Waals surface area contributed by atoms with Gasteiger partial charge in [0.25, 0.3) is 5.91 Å². The molecule has 0 bridgehead atoms. The summed E-state index contributed by atoms with van der Waals surface area (Å²) in [5.74, 6) is 4.58. The molecule has 0 aliphatic carbocycles. The summed E-state index contributed by atoms with van der Waals surface area (Å²) < 4.78 is 29.7. The van der Waals surface area contributed by atoms with E-state index < -0.39 is 10.4 Å². The average molecular weight is 226 g/mol. The van der Waals surface area contributed by atoms with Crippen molar-refractivity contribution in [2.24, 2.45) is 5.84 Å². The van der Waals surface area contributed by atoms with E-state index in [0.717, 1.165) is 7.11 Å². The molecule has 0 rings (SSSR count). The SMILES string of the molecule is CC=C(C)C(=O)NN.COS(=O)(=O)O. The number of hydrogen-bond donors (Lipinski definition) is 3. The van der Waals surface area contributed by atoms with Crippen LogP contribution in [0.3, 0.4) is 0 Å². The maximum absolute atomic E-state index is 10.4. The van der Waals surface area contributed by atoms with Crippen LogP contribution in [0, 0.1) is 0 Å². The Bertz CT molecular complexity index is 295. The summed E-state index contributed by atoms with van der Waals surface area (Å²) in [5.41, 5.74) is 2.64. The van der Waals surface area contributed by atoms with Gasteiger partial charge in [-0.2, -0.15) is 8.42 Å². The highest BCUT2D eigenvalue weighted by Gasteiger charge is 1.95. The van der Waals surface area contributed by atoms with Gasteiger partial charge in [0.1, 0.15) is 0 Å². The monoisotopic (exact) mass is 226 g/mol. The Hall–Kier alpha value is -0.960. The van der Waals surface area contributed by atoms with E-state index >= 15 is 0 Å². The van der Waals surface area contributed by atoms with Crippen molar-refractivity contribution in [3.8, 4) is 0 Å². The highest BCUT2D eigenvalue weighted by atomic mass is 32.3. The molecule has 84 valence electrons. The predicted octanol–water partition coefficient (Wildman–Crippen LogP) is -0.622. The Kier molecular flexibility index (Phi) is 8.25. The van der Waals surface area contributed by atoms with Crippen LogP contribution < -0.4 is 11.3 Å². The van der Waals surface area contributed by atoms with Crippen molar-refractivity contribution in [2.45, 2.75) is 13.8 Å². The van der Waals surface area contributed by atoms with E-state index in [-0.39, 0.29) is 5.91 Å². The third kappa shape index (κ3) is 11.0. The molecule has 7 nitrogen and oxygen atoms in total. The third-order valence-electron chi connectivity index (χ3n) is 1.13. The summed E-state index contributed by atoms with van der Waals surface area (Å²) in [4.78, 5) is 10.4. The van der Waals surface area contributed by atoms with Crippen molar-refractivity contribution in [3.63, 3.8) is 0 Å². The van der Waals surface area contributed by atoms with E-state index in [0.29, 0.717) is 5.57 Å². The minimum absolute atomic E-state index is 0.229. The molecular formula is C6H14N2O5S. The number of carbonyl (C=O) groups is 1. The number of hydrogen-bond acceptors (Lipinski definition) is 5. The van der Waals surface area contributed by atoms with Crippen LogP contribution in [0.4, 0.5) is 0 Å². The fourth-order valence-electron chi connectivity index (χ4n) is 0.245. The summed E-state index contributed by atoms with van der Waals surface area (Å²) in [6.45, 7) is 3.48. The molecular weight excluding hydrogens is 212 g/mol. The first-order valence-electron chi connectivity index (χ1n) is 3.45. The number of rotatable bonds is 2. The molecule has 0 aromatic carbocycles. The Balaban J connectivity index is 0. The minimum Gasteiger partial charge on any atom is -0.290 e. The van der Waals surface area contributed by atoms with Gasteiger partial charge < -0.3 is 0 Å². The second kappa shape index (κ2) is 7.44. The van der Waals surface area contributed by atoms with E-state index in [4.69, 9.17) is 10.4 Å². The number of hydrazine groups is 1. The summed E-state index contributed by atoms with van der Waals surface area (Å²) in [6.07, 6.45) is 1.70. The topological polar surface area (TPSA) is 119 Å². The lowest BCUT2D eigenvalue weighted by molar-refractivity contribution is -0.117. The molecule has 0 fully saturated rings. The number of amides is 1. The van der Waals surface area contributed by atoms with Crippen LogP contribution in [0.15, 0.2) is 11.6 Å². The van der Waals surface area contributed by atoms with Gasteiger partial charge in [-0.25, -0.2) is 5.84 Å². The largest absolute Gasteiger partial charge is 0.397 e. The highest BCUT2D eigenvalue weighted by Crippen LogP contribution is 1.87. The first-order chi connectivity index (χ1) is 6.28. The van der Waals surface area contributed by atoms with Crippen molar-refractivity contribution in [3.05, 3.63) is 11.6 Å². The zero-order valence-electron chi connectivity index (χ0n) is 8.14. The molecule has 14 heavy (non-hydrogen) atoms. The average Bonchev–Trinajstić information content (AvgIpc) is 2.15.